The van der Waals surface area contributed by atoms with Crippen molar-refractivity contribution in [1.82, 2.24) is 9.55 Å². The maximum Gasteiger partial charge on any atom is 0.0991 e. The van der Waals surface area contributed by atoms with Crippen molar-refractivity contribution in [3.63, 3.8) is 0 Å². The van der Waals surface area contributed by atoms with E-state index in [0.29, 0.717) is 16.6 Å². The lowest BCUT2D eigenvalue weighted by molar-refractivity contribution is 1.05. The van der Waals surface area contributed by atoms with Crippen LogP contribution in [0.3, 0.4) is 0 Å². The lowest BCUT2D eigenvalue weighted by atomic mass is 10.2. The van der Waals surface area contributed by atoms with Gasteiger partial charge in [0.15, 0.2) is 0 Å². The van der Waals surface area contributed by atoms with E-state index in [1.54, 1.807) is 18.6 Å². The van der Waals surface area contributed by atoms with Crippen molar-refractivity contribution in [2.24, 2.45) is 0 Å². The first-order chi connectivity index (χ1) is 10.2. The second-order valence-electron chi connectivity index (χ2n) is 4.59. The molecule has 0 aliphatic carbocycles. The molecule has 0 amide bonds. The van der Waals surface area contributed by atoms with Crippen molar-refractivity contribution in [3.05, 3.63) is 76.8 Å². The molecule has 0 radical (unpaired) electrons. The SMILES string of the molecule is Clc1cccc(CNc2cccc(-n3ccnc3)c2)c1Cl. The molecule has 0 bridgehead atoms. The number of aromatic nitrogens is 2. The number of hydrogen-bond donors (Lipinski definition) is 1. The minimum atomic E-state index is 0.572. The predicted molar refractivity (Wildman–Crippen MR) is 87.4 cm³/mol. The molecule has 0 aliphatic heterocycles. The summed E-state index contributed by atoms with van der Waals surface area (Å²) in [5.41, 5.74) is 3.03. The highest BCUT2D eigenvalue weighted by atomic mass is 35.5. The van der Waals surface area contributed by atoms with E-state index < -0.39 is 0 Å². The number of imidazole rings is 1. The Morgan fingerprint density at radius 2 is 1.95 bits per heavy atom. The Kier molecular flexibility index (Phi) is 4.13. The minimum absolute atomic E-state index is 0.572. The molecule has 0 saturated carbocycles. The van der Waals surface area contributed by atoms with Crippen LogP contribution in [0.15, 0.2) is 61.2 Å². The van der Waals surface area contributed by atoms with Crippen LogP contribution in [0.25, 0.3) is 5.69 Å². The van der Waals surface area contributed by atoms with E-state index in [2.05, 4.69) is 16.4 Å². The zero-order valence-corrected chi connectivity index (χ0v) is 12.6. The van der Waals surface area contributed by atoms with Crippen LogP contribution < -0.4 is 5.32 Å². The van der Waals surface area contributed by atoms with E-state index in [9.17, 15) is 0 Å². The third kappa shape index (κ3) is 3.20. The molecule has 3 nitrogen and oxygen atoms in total. The number of nitrogens with zero attached hydrogens (tertiary/aromatic N) is 2. The van der Waals surface area contributed by atoms with Crippen LogP contribution in [-0.2, 0) is 6.54 Å². The second-order valence-corrected chi connectivity index (χ2v) is 5.37. The van der Waals surface area contributed by atoms with Crippen molar-refractivity contribution in [1.29, 1.82) is 0 Å². The van der Waals surface area contributed by atoms with E-state index in [1.165, 1.54) is 0 Å². The van der Waals surface area contributed by atoms with Gasteiger partial charge in [-0.3, -0.25) is 0 Å². The molecule has 2 aromatic carbocycles. The molecule has 3 rings (SSSR count). The van der Waals surface area contributed by atoms with Gasteiger partial charge in [-0.1, -0.05) is 41.4 Å². The van der Waals surface area contributed by atoms with Gasteiger partial charge in [-0.15, -0.1) is 0 Å². The minimum Gasteiger partial charge on any atom is -0.381 e. The highest BCUT2D eigenvalue weighted by Gasteiger charge is 2.04. The molecule has 5 heteroatoms. The van der Waals surface area contributed by atoms with Crippen LogP contribution in [0, 0.1) is 0 Å². The van der Waals surface area contributed by atoms with Crippen LogP contribution in [0.4, 0.5) is 5.69 Å². The van der Waals surface area contributed by atoms with E-state index in [1.807, 2.05) is 41.1 Å². The smallest absolute Gasteiger partial charge is 0.0991 e. The van der Waals surface area contributed by atoms with Crippen LogP contribution in [-0.4, -0.2) is 9.55 Å². The van der Waals surface area contributed by atoms with E-state index in [4.69, 9.17) is 23.2 Å². The molecule has 0 atom stereocenters. The monoisotopic (exact) mass is 317 g/mol. The third-order valence-corrected chi connectivity index (χ3v) is 4.02. The Labute approximate surface area is 133 Å². The van der Waals surface area contributed by atoms with Crippen LogP contribution in [0.1, 0.15) is 5.56 Å². The molecule has 0 saturated heterocycles. The molecule has 0 fully saturated rings. The zero-order chi connectivity index (χ0) is 14.7. The maximum atomic E-state index is 6.19. The van der Waals surface area contributed by atoms with E-state index in [0.717, 1.165) is 16.9 Å². The molecule has 1 N–H and O–H groups in total. The average Bonchev–Trinajstić information content (AvgIpc) is 3.03. The third-order valence-electron chi connectivity index (χ3n) is 3.16. The van der Waals surface area contributed by atoms with Gasteiger partial charge in [0.05, 0.1) is 16.4 Å². The number of nitrogens with one attached hydrogen (secondary N) is 1. The number of hydrogen-bond acceptors (Lipinski definition) is 2. The molecule has 21 heavy (non-hydrogen) atoms. The number of benzene rings is 2. The summed E-state index contributed by atoms with van der Waals surface area (Å²) >= 11 is 12.2. The quantitative estimate of drug-likeness (QED) is 0.749. The highest BCUT2D eigenvalue weighted by Crippen LogP contribution is 2.26. The van der Waals surface area contributed by atoms with Crippen LogP contribution in [0.5, 0.6) is 0 Å². The van der Waals surface area contributed by atoms with Crippen molar-refractivity contribution in [2.45, 2.75) is 6.54 Å². The standard InChI is InChI=1S/C16H13Cl2N3/c17-15-6-1-3-12(16(15)18)10-20-13-4-2-5-14(9-13)21-8-7-19-11-21/h1-9,11,20H,10H2. The largest absolute Gasteiger partial charge is 0.381 e. The van der Waals surface area contributed by atoms with Gasteiger partial charge in [0.1, 0.15) is 0 Å². The Morgan fingerprint density at radius 1 is 1.10 bits per heavy atom. The van der Waals surface area contributed by atoms with Gasteiger partial charge >= 0.3 is 0 Å². The van der Waals surface area contributed by atoms with Crippen molar-refractivity contribution in [3.8, 4) is 5.69 Å². The molecule has 1 aromatic heterocycles. The number of anilines is 1. The lowest BCUT2D eigenvalue weighted by Gasteiger charge is -2.10. The summed E-state index contributed by atoms with van der Waals surface area (Å²) in [6.45, 7) is 0.618. The Hall–Kier alpha value is -1.97. The van der Waals surface area contributed by atoms with Gasteiger partial charge in [0.2, 0.25) is 0 Å². The van der Waals surface area contributed by atoms with Crippen molar-refractivity contribution in [2.75, 3.05) is 5.32 Å². The molecule has 0 spiro atoms. The highest BCUT2D eigenvalue weighted by molar-refractivity contribution is 6.42. The summed E-state index contributed by atoms with van der Waals surface area (Å²) in [6, 6.07) is 13.7. The number of halogens is 2. The topological polar surface area (TPSA) is 29.9 Å². The molecule has 3 aromatic rings. The Morgan fingerprint density at radius 3 is 2.76 bits per heavy atom. The molecule has 0 aliphatic rings. The summed E-state index contributed by atoms with van der Waals surface area (Å²) in [5, 5.41) is 4.52. The van der Waals surface area contributed by atoms with Gasteiger partial charge in [-0.25, -0.2) is 4.98 Å². The first-order valence-corrected chi connectivity index (χ1v) is 7.25. The van der Waals surface area contributed by atoms with Crippen LogP contribution in [0.2, 0.25) is 10.0 Å². The normalized spacial score (nSPS) is 10.6. The maximum absolute atomic E-state index is 6.19. The number of rotatable bonds is 4. The summed E-state index contributed by atoms with van der Waals surface area (Å²) in [7, 11) is 0. The fourth-order valence-corrected chi connectivity index (χ4v) is 2.46. The van der Waals surface area contributed by atoms with Crippen LogP contribution >= 0.6 is 23.2 Å². The molecule has 106 valence electrons. The second kappa shape index (κ2) is 6.20. The van der Waals surface area contributed by atoms with Gasteiger partial charge < -0.3 is 9.88 Å². The van der Waals surface area contributed by atoms with E-state index >= 15 is 0 Å². The molecule has 1 heterocycles. The summed E-state index contributed by atoms with van der Waals surface area (Å²) in [6.07, 6.45) is 5.44. The predicted octanol–water partition coefficient (Wildman–Crippen LogP) is 4.79. The van der Waals surface area contributed by atoms with Crippen molar-refractivity contribution < 1.29 is 0 Å². The molecule has 0 unspecified atom stereocenters. The Bertz CT molecular complexity index is 739. The average molecular weight is 318 g/mol. The van der Waals surface area contributed by atoms with E-state index in [-0.39, 0.29) is 0 Å². The first kappa shape index (κ1) is 14.0. The summed E-state index contributed by atoms with van der Waals surface area (Å²) < 4.78 is 1.96. The van der Waals surface area contributed by atoms with Crippen molar-refractivity contribution >= 4 is 28.9 Å². The van der Waals surface area contributed by atoms with Gasteiger partial charge in [0, 0.05) is 30.3 Å². The van der Waals surface area contributed by atoms with Gasteiger partial charge in [-0.05, 0) is 29.8 Å². The van der Waals surface area contributed by atoms with Gasteiger partial charge in [-0.2, -0.15) is 0 Å². The fourth-order valence-electron chi connectivity index (χ4n) is 2.07. The van der Waals surface area contributed by atoms with Gasteiger partial charge in [0.25, 0.3) is 0 Å². The molecular formula is C16H13Cl2N3. The fraction of sp³-hybridized carbons (Fsp3) is 0.0625. The summed E-state index contributed by atoms with van der Waals surface area (Å²) in [4.78, 5) is 4.05. The lowest BCUT2D eigenvalue weighted by Crippen LogP contribution is -2.01. The molecular weight excluding hydrogens is 305 g/mol. The summed E-state index contributed by atoms with van der Waals surface area (Å²) in [5.74, 6) is 0. The zero-order valence-electron chi connectivity index (χ0n) is 11.1. The first-order valence-electron chi connectivity index (χ1n) is 6.49. The Balaban J connectivity index is 1.77.